The molecule has 11 heteroatoms. The third-order valence-corrected chi connectivity index (χ3v) is 7.18. The highest BCUT2D eigenvalue weighted by molar-refractivity contribution is 7.84. The molecule has 1 heterocycles. The fourth-order valence-corrected chi connectivity index (χ4v) is 4.78. The van der Waals surface area contributed by atoms with Gasteiger partial charge in [0.1, 0.15) is 17.7 Å². The van der Waals surface area contributed by atoms with E-state index in [2.05, 4.69) is 4.72 Å². The number of hydrogen-bond acceptors (Lipinski definition) is 1. The van der Waals surface area contributed by atoms with Crippen molar-refractivity contribution in [2.75, 3.05) is 0 Å². The highest BCUT2D eigenvalue weighted by Crippen LogP contribution is 2.41. The number of rotatable bonds is 6. The monoisotopic (exact) mass is 550 g/mol. The molecule has 1 unspecified atom stereocenters. The van der Waals surface area contributed by atoms with Gasteiger partial charge in [0.05, 0.1) is 21.3 Å². The molecule has 2 atom stereocenters. The van der Waals surface area contributed by atoms with Crippen LogP contribution in [0.3, 0.4) is 0 Å². The maximum Gasteiger partial charge on any atom is 0.417 e. The standard InChI is InChI=1S/C26H29F7N2OS/c1-24(2,3)13-35-12-18(22(23(29)30)34-37(36)25(4,5)6)17-10-20(28)16(11-21(17)35)15-8-7-14(27)9-19(15)26(31,32)33/h7-12,22-23,34H,13H2,1-6H3/t22-,37?/m0/s1. The lowest BCUT2D eigenvalue weighted by molar-refractivity contribution is -0.137. The van der Waals surface area contributed by atoms with Crippen molar-refractivity contribution >= 4 is 21.9 Å². The number of fused-ring (bicyclic) bond motifs is 1. The third kappa shape index (κ3) is 6.54. The van der Waals surface area contributed by atoms with Gasteiger partial charge in [0.2, 0.25) is 0 Å². The van der Waals surface area contributed by atoms with E-state index in [1.807, 2.05) is 20.8 Å². The fourth-order valence-electron chi connectivity index (χ4n) is 3.96. The van der Waals surface area contributed by atoms with Crippen LogP contribution in [0.25, 0.3) is 22.0 Å². The summed E-state index contributed by atoms with van der Waals surface area (Å²) in [5.41, 5.74) is -2.57. The van der Waals surface area contributed by atoms with Gasteiger partial charge in [-0.05, 0) is 56.0 Å². The Morgan fingerprint density at radius 3 is 2.08 bits per heavy atom. The first-order chi connectivity index (χ1) is 16.8. The molecular formula is C26H29F7N2OS. The van der Waals surface area contributed by atoms with E-state index in [1.54, 1.807) is 25.3 Å². The number of aromatic nitrogens is 1. The van der Waals surface area contributed by atoms with Crippen molar-refractivity contribution in [3.63, 3.8) is 0 Å². The van der Waals surface area contributed by atoms with Gasteiger partial charge in [-0.15, -0.1) is 0 Å². The van der Waals surface area contributed by atoms with Gasteiger partial charge in [0.25, 0.3) is 6.43 Å². The molecule has 2 aromatic carbocycles. The van der Waals surface area contributed by atoms with Gasteiger partial charge in [0.15, 0.2) is 0 Å². The summed E-state index contributed by atoms with van der Waals surface area (Å²) >= 11 is 0. The molecule has 0 aliphatic rings. The number of nitrogens with one attached hydrogen (secondary N) is 1. The van der Waals surface area contributed by atoms with E-state index in [4.69, 9.17) is 0 Å². The summed E-state index contributed by atoms with van der Waals surface area (Å²) < 4.78 is 114. The summed E-state index contributed by atoms with van der Waals surface area (Å²) in [6.07, 6.45) is -6.59. The second-order valence-corrected chi connectivity index (χ2v) is 13.1. The van der Waals surface area contributed by atoms with Crippen LogP contribution in [0.4, 0.5) is 30.7 Å². The Balaban J connectivity index is 2.31. The average Bonchev–Trinajstić information content (AvgIpc) is 3.04. The second kappa shape index (κ2) is 10.1. The zero-order valence-corrected chi connectivity index (χ0v) is 22.1. The van der Waals surface area contributed by atoms with E-state index in [0.717, 1.165) is 24.3 Å². The molecule has 0 aliphatic carbocycles. The Morgan fingerprint density at radius 2 is 1.57 bits per heavy atom. The van der Waals surface area contributed by atoms with E-state index in [0.29, 0.717) is 0 Å². The molecule has 0 fully saturated rings. The van der Waals surface area contributed by atoms with Gasteiger partial charge in [-0.2, -0.15) is 13.2 Å². The lowest BCUT2D eigenvalue weighted by Gasteiger charge is -2.24. The maximum absolute atomic E-state index is 15.4. The molecule has 0 aliphatic heterocycles. The maximum atomic E-state index is 15.4. The van der Waals surface area contributed by atoms with Crippen molar-refractivity contribution in [1.82, 2.24) is 9.29 Å². The Hall–Kier alpha value is -2.40. The summed E-state index contributed by atoms with van der Waals surface area (Å²) in [6.45, 7) is 10.7. The lowest BCUT2D eigenvalue weighted by atomic mass is 9.95. The van der Waals surface area contributed by atoms with Gasteiger partial charge in [-0.1, -0.05) is 26.8 Å². The largest absolute Gasteiger partial charge is 0.417 e. The van der Waals surface area contributed by atoms with Crippen molar-refractivity contribution in [3.8, 4) is 11.1 Å². The van der Waals surface area contributed by atoms with Gasteiger partial charge >= 0.3 is 6.18 Å². The number of alkyl halides is 5. The first-order valence-electron chi connectivity index (χ1n) is 11.4. The molecule has 0 bridgehead atoms. The molecule has 0 radical (unpaired) electrons. The molecule has 0 amide bonds. The predicted molar refractivity (Wildman–Crippen MR) is 132 cm³/mol. The van der Waals surface area contributed by atoms with Crippen LogP contribution in [0, 0.1) is 17.0 Å². The fraction of sp³-hybridized carbons (Fsp3) is 0.462. The summed E-state index contributed by atoms with van der Waals surface area (Å²) in [4.78, 5) is 0. The van der Waals surface area contributed by atoms with E-state index < -0.39 is 62.7 Å². The van der Waals surface area contributed by atoms with Crippen molar-refractivity contribution < 1.29 is 34.9 Å². The zero-order chi connectivity index (χ0) is 28.1. The Kier molecular flexibility index (Phi) is 7.92. The molecule has 3 nitrogen and oxygen atoms in total. The molecule has 0 spiro atoms. The van der Waals surface area contributed by atoms with Gasteiger partial charge < -0.3 is 4.57 Å². The smallest absolute Gasteiger partial charge is 0.347 e. The number of benzene rings is 2. The summed E-state index contributed by atoms with van der Waals surface area (Å²) in [5.74, 6) is -2.22. The lowest BCUT2D eigenvalue weighted by Crippen LogP contribution is -2.38. The van der Waals surface area contributed by atoms with Crippen LogP contribution >= 0.6 is 0 Å². The SMILES string of the molecule is CC(C)(C)Cn1cc([C@H](NS(=O)C(C)(C)C)C(F)F)c2cc(F)c(-c3ccc(F)cc3C(F)(F)F)cc21. The Morgan fingerprint density at radius 1 is 0.946 bits per heavy atom. The topological polar surface area (TPSA) is 34.0 Å². The number of nitrogens with zero attached hydrogens (tertiary/aromatic N) is 1. The van der Waals surface area contributed by atoms with Crippen LogP contribution in [0.15, 0.2) is 36.5 Å². The first kappa shape index (κ1) is 29.2. The average molecular weight is 551 g/mol. The minimum atomic E-state index is -4.96. The Labute approximate surface area is 213 Å². The highest BCUT2D eigenvalue weighted by atomic mass is 32.2. The quantitative estimate of drug-likeness (QED) is 0.310. The minimum absolute atomic E-state index is 0.0348. The normalized spacial score (nSPS) is 15.0. The molecule has 3 rings (SSSR count). The van der Waals surface area contributed by atoms with Crippen molar-refractivity contribution in [1.29, 1.82) is 0 Å². The van der Waals surface area contributed by atoms with Gasteiger partial charge in [-0.25, -0.2) is 26.5 Å². The first-order valence-corrected chi connectivity index (χ1v) is 12.6. The number of hydrogen-bond donors (Lipinski definition) is 1. The van der Waals surface area contributed by atoms with Crippen molar-refractivity contribution in [3.05, 3.63) is 59.3 Å². The molecule has 204 valence electrons. The summed E-state index contributed by atoms with van der Waals surface area (Å²) in [6, 6.07) is 2.26. The highest BCUT2D eigenvalue weighted by Gasteiger charge is 2.36. The van der Waals surface area contributed by atoms with Gasteiger partial charge in [0, 0.05) is 34.8 Å². The summed E-state index contributed by atoms with van der Waals surface area (Å²) in [7, 11) is -1.89. The van der Waals surface area contributed by atoms with Crippen molar-refractivity contribution in [2.24, 2.45) is 5.41 Å². The van der Waals surface area contributed by atoms with E-state index in [9.17, 15) is 30.6 Å². The van der Waals surface area contributed by atoms with E-state index in [-0.39, 0.29) is 34.5 Å². The molecule has 1 aromatic heterocycles. The molecule has 0 saturated heterocycles. The van der Waals surface area contributed by atoms with Gasteiger partial charge in [-0.3, -0.25) is 0 Å². The molecule has 3 aromatic rings. The Bertz CT molecular complexity index is 1320. The molecule has 37 heavy (non-hydrogen) atoms. The summed E-state index contributed by atoms with van der Waals surface area (Å²) in [5, 5.41) is 0.0462. The van der Waals surface area contributed by atoms with Crippen LogP contribution in [0.2, 0.25) is 0 Å². The molecular weight excluding hydrogens is 521 g/mol. The molecule has 1 N–H and O–H groups in total. The zero-order valence-electron chi connectivity index (χ0n) is 21.2. The van der Waals surface area contributed by atoms with E-state index >= 15 is 4.39 Å². The third-order valence-electron chi connectivity index (χ3n) is 5.60. The second-order valence-electron chi connectivity index (χ2n) is 11.1. The van der Waals surface area contributed by atoms with Crippen LogP contribution in [-0.4, -0.2) is 19.9 Å². The number of halogens is 7. The van der Waals surface area contributed by atoms with Crippen LogP contribution in [-0.2, 0) is 23.7 Å². The molecule has 0 saturated carbocycles. The van der Waals surface area contributed by atoms with Crippen molar-refractivity contribution in [2.45, 2.75) is 71.5 Å². The minimum Gasteiger partial charge on any atom is -0.347 e. The van der Waals surface area contributed by atoms with Crippen LogP contribution in [0.1, 0.15) is 58.7 Å². The predicted octanol–water partition coefficient (Wildman–Crippen LogP) is 8.01. The van der Waals surface area contributed by atoms with E-state index in [1.165, 1.54) is 6.20 Å². The van der Waals surface area contributed by atoms with Crippen LogP contribution < -0.4 is 4.72 Å². The van der Waals surface area contributed by atoms with Crippen LogP contribution in [0.5, 0.6) is 0 Å².